The van der Waals surface area contributed by atoms with Gasteiger partial charge in [-0.05, 0) is 157 Å². The number of benzene rings is 12. The molecule has 0 saturated carbocycles. The maximum Gasteiger partial charge on any atom is 0.0625 e. The van der Waals surface area contributed by atoms with Crippen molar-refractivity contribution >= 4 is 49.6 Å². The summed E-state index contributed by atoms with van der Waals surface area (Å²) in [5, 5.41) is 4.90. The van der Waals surface area contributed by atoms with E-state index in [2.05, 4.69) is 301 Å². The molecule has 0 aliphatic carbocycles. The van der Waals surface area contributed by atoms with Crippen molar-refractivity contribution in [2.24, 2.45) is 0 Å². The minimum absolute atomic E-state index is 1.06. The van der Waals surface area contributed by atoms with Gasteiger partial charge < -0.3 is 9.47 Å². The maximum absolute atomic E-state index is 2.45. The summed E-state index contributed by atoms with van der Waals surface area (Å²) in [6, 6.07) is 106. The largest absolute Gasteiger partial charge is 0.310 e. The molecule has 338 valence electrons. The Balaban J connectivity index is 1.02. The van der Waals surface area contributed by atoms with E-state index in [-0.39, 0.29) is 0 Å². The molecule has 0 spiro atoms. The highest BCUT2D eigenvalue weighted by Gasteiger charge is 2.22. The molecule has 0 saturated heterocycles. The Morgan fingerprint density at radius 2 is 0.667 bits per heavy atom. The Hall–Kier alpha value is -9.50. The molecule has 0 bridgehead atoms. The standard InChI is InChI=1S/C70H48N2/c1-6-21-49(22-7-1)56-41-57(50-23-8-2-9-24-50)43-58(42-56)53-37-39-62(40-38-53)71(64-46-59(51-25-10-3-11-26-51)44-60(47-64)52-27-12-4-13-28-52)63-33-20-30-54(45-63)67-48-55-29-16-17-34-65(55)70-69(67)66-35-18-19-36-68(66)72(70)61-31-14-5-15-32-61/h1-48H. The van der Waals surface area contributed by atoms with Crippen molar-refractivity contribution in [1.82, 2.24) is 4.57 Å². The third-order valence-corrected chi connectivity index (χ3v) is 14.1. The first-order chi connectivity index (χ1) is 35.7. The fourth-order valence-corrected chi connectivity index (χ4v) is 10.7. The van der Waals surface area contributed by atoms with E-state index in [1.807, 2.05) is 0 Å². The number of hydrogen-bond acceptors (Lipinski definition) is 1. The highest BCUT2D eigenvalue weighted by atomic mass is 15.1. The summed E-state index contributed by atoms with van der Waals surface area (Å²) in [6.07, 6.45) is 0. The zero-order valence-electron chi connectivity index (χ0n) is 39.6. The minimum atomic E-state index is 1.06. The molecule has 1 heterocycles. The molecule has 2 heteroatoms. The molecule has 0 radical (unpaired) electrons. The number of aromatic nitrogens is 1. The van der Waals surface area contributed by atoms with Crippen molar-refractivity contribution < 1.29 is 0 Å². The molecule has 0 aliphatic rings. The van der Waals surface area contributed by atoms with Crippen LogP contribution in [-0.2, 0) is 0 Å². The first kappa shape index (κ1) is 42.6. The van der Waals surface area contributed by atoms with Crippen LogP contribution in [0.5, 0.6) is 0 Å². The van der Waals surface area contributed by atoms with Crippen molar-refractivity contribution in [3.05, 3.63) is 291 Å². The van der Waals surface area contributed by atoms with Gasteiger partial charge in [0.2, 0.25) is 0 Å². The Morgan fingerprint density at radius 1 is 0.250 bits per heavy atom. The van der Waals surface area contributed by atoms with E-state index in [4.69, 9.17) is 0 Å². The zero-order valence-corrected chi connectivity index (χ0v) is 39.6. The second-order valence-corrected chi connectivity index (χ2v) is 18.5. The predicted molar refractivity (Wildman–Crippen MR) is 306 cm³/mol. The van der Waals surface area contributed by atoms with Crippen LogP contribution < -0.4 is 4.90 Å². The normalized spacial score (nSPS) is 11.3. The molecule has 0 N–H and O–H groups in total. The third kappa shape index (κ3) is 7.92. The predicted octanol–water partition coefficient (Wildman–Crippen LogP) is 19.4. The smallest absolute Gasteiger partial charge is 0.0625 e. The van der Waals surface area contributed by atoms with Gasteiger partial charge in [-0.15, -0.1) is 0 Å². The third-order valence-electron chi connectivity index (χ3n) is 14.1. The van der Waals surface area contributed by atoms with Crippen LogP contribution in [0.4, 0.5) is 17.1 Å². The Labute approximate surface area is 420 Å². The van der Waals surface area contributed by atoms with Crippen LogP contribution in [0.1, 0.15) is 0 Å². The summed E-state index contributed by atoms with van der Waals surface area (Å²) in [7, 11) is 0. The van der Waals surface area contributed by atoms with Crippen LogP contribution in [-0.4, -0.2) is 4.57 Å². The summed E-state index contributed by atoms with van der Waals surface area (Å²) in [5.74, 6) is 0. The number of fused-ring (bicyclic) bond motifs is 5. The Bertz CT molecular complexity index is 3930. The first-order valence-electron chi connectivity index (χ1n) is 24.7. The second-order valence-electron chi connectivity index (χ2n) is 18.5. The van der Waals surface area contributed by atoms with Crippen molar-refractivity contribution in [3.63, 3.8) is 0 Å². The van der Waals surface area contributed by atoms with E-state index in [9.17, 15) is 0 Å². The van der Waals surface area contributed by atoms with Crippen molar-refractivity contribution in [2.75, 3.05) is 4.90 Å². The van der Waals surface area contributed by atoms with Crippen LogP contribution in [0, 0.1) is 0 Å². The van der Waals surface area contributed by atoms with Gasteiger partial charge in [0.15, 0.2) is 0 Å². The molecule has 1 aromatic heterocycles. The number of para-hydroxylation sites is 2. The van der Waals surface area contributed by atoms with Crippen LogP contribution >= 0.6 is 0 Å². The fraction of sp³-hybridized carbons (Fsp3) is 0. The molecule has 12 aromatic carbocycles. The summed E-state index contributed by atoms with van der Waals surface area (Å²) < 4.78 is 2.45. The number of hydrogen-bond donors (Lipinski definition) is 0. The minimum Gasteiger partial charge on any atom is -0.310 e. The Morgan fingerprint density at radius 3 is 1.21 bits per heavy atom. The molecule has 13 aromatic rings. The van der Waals surface area contributed by atoms with Crippen molar-refractivity contribution in [1.29, 1.82) is 0 Å². The van der Waals surface area contributed by atoms with Gasteiger partial charge in [-0.3, -0.25) is 0 Å². The molecule has 0 atom stereocenters. The summed E-state index contributed by atoms with van der Waals surface area (Å²) >= 11 is 0. The lowest BCUT2D eigenvalue weighted by molar-refractivity contribution is 1.19. The molecule has 72 heavy (non-hydrogen) atoms. The molecule has 13 rings (SSSR count). The average molecular weight is 917 g/mol. The molecule has 0 unspecified atom stereocenters. The van der Waals surface area contributed by atoms with Gasteiger partial charge in [0.25, 0.3) is 0 Å². The number of nitrogens with zero attached hydrogens (tertiary/aromatic N) is 2. The van der Waals surface area contributed by atoms with Gasteiger partial charge in [-0.25, -0.2) is 0 Å². The topological polar surface area (TPSA) is 8.17 Å². The van der Waals surface area contributed by atoms with Gasteiger partial charge in [0.1, 0.15) is 0 Å². The van der Waals surface area contributed by atoms with Crippen LogP contribution in [0.2, 0.25) is 0 Å². The van der Waals surface area contributed by atoms with E-state index in [0.717, 1.165) is 45.0 Å². The van der Waals surface area contributed by atoms with E-state index in [1.165, 1.54) is 77.1 Å². The summed E-state index contributed by atoms with van der Waals surface area (Å²) in [4.78, 5) is 2.44. The molecule has 0 amide bonds. The SMILES string of the molecule is c1ccc(-c2cc(-c3ccccc3)cc(-c3ccc(N(c4cc(-c5ccccc5)cc(-c5ccccc5)c4)c4cccc(-c5cc6ccccc6c6c5c5ccccc5n6-c5ccccc5)c4)cc3)c2)cc1. The zero-order chi connectivity index (χ0) is 47.8. The monoisotopic (exact) mass is 916 g/mol. The quantitative estimate of drug-likeness (QED) is 0.133. The van der Waals surface area contributed by atoms with Crippen molar-refractivity contribution in [3.8, 4) is 72.4 Å². The Kier molecular flexibility index (Phi) is 10.9. The number of anilines is 3. The number of rotatable bonds is 10. The first-order valence-corrected chi connectivity index (χ1v) is 24.7. The molecule has 0 aliphatic heterocycles. The van der Waals surface area contributed by atoms with Gasteiger partial charge in [-0.1, -0.05) is 206 Å². The van der Waals surface area contributed by atoms with E-state index < -0.39 is 0 Å². The van der Waals surface area contributed by atoms with Crippen LogP contribution in [0.3, 0.4) is 0 Å². The lowest BCUT2D eigenvalue weighted by Gasteiger charge is -2.28. The molecule has 2 nitrogen and oxygen atoms in total. The second kappa shape index (κ2) is 18.4. The van der Waals surface area contributed by atoms with Gasteiger partial charge in [0, 0.05) is 38.9 Å². The summed E-state index contributed by atoms with van der Waals surface area (Å²) in [6.45, 7) is 0. The lowest BCUT2D eigenvalue weighted by atomic mass is 9.93. The average Bonchev–Trinajstić information content (AvgIpc) is 3.82. The molecular formula is C70H48N2. The van der Waals surface area contributed by atoms with Crippen LogP contribution in [0.15, 0.2) is 291 Å². The molecule has 0 fully saturated rings. The van der Waals surface area contributed by atoms with E-state index in [1.54, 1.807) is 0 Å². The van der Waals surface area contributed by atoms with Crippen LogP contribution in [0.25, 0.3) is 105 Å². The van der Waals surface area contributed by atoms with Crippen molar-refractivity contribution in [2.45, 2.75) is 0 Å². The van der Waals surface area contributed by atoms with Gasteiger partial charge >= 0.3 is 0 Å². The van der Waals surface area contributed by atoms with Gasteiger partial charge in [-0.2, -0.15) is 0 Å². The van der Waals surface area contributed by atoms with E-state index in [0.29, 0.717) is 0 Å². The maximum atomic E-state index is 2.45. The van der Waals surface area contributed by atoms with E-state index >= 15 is 0 Å². The highest BCUT2D eigenvalue weighted by molar-refractivity contribution is 6.24. The summed E-state index contributed by atoms with van der Waals surface area (Å²) in [5.41, 5.74) is 20.8. The highest BCUT2D eigenvalue weighted by Crippen LogP contribution is 2.46. The molecular weight excluding hydrogens is 869 g/mol. The fourth-order valence-electron chi connectivity index (χ4n) is 10.7. The lowest BCUT2D eigenvalue weighted by Crippen LogP contribution is -2.10. The van der Waals surface area contributed by atoms with Gasteiger partial charge in [0.05, 0.1) is 11.0 Å².